The summed E-state index contributed by atoms with van der Waals surface area (Å²) in [6.45, 7) is 6.23. The highest BCUT2D eigenvalue weighted by atomic mass is 15.0. The molecule has 4 rings (SSSR count). The Hall–Kier alpha value is -2.20. The number of anilines is 1. The summed E-state index contributed by atoms with van der Waals surface area (Å²) in [5.41, 5.74) is 5.22. The van der Waals surface area contributed by atoms with E-state index in [1.165, 1.54) is 45.8 Å². The number of hydrogen-bond acceptors (Lipinski definition) is 4. The molecular formula is C21H28N4. The number of hydrogen-bond donors (Lipinski definition) is 4. The number of allylic oxidation sites excluding steroid dienone is 3. The number of nitrogens with one attached hydrogen (secondary N) is 4. The lowest BCUT2D eigenvalue weighted by Crippen LogP contribution is -2.40. The quantitative estimate of drug-likeness (QED) is 0.669. The number of fused-ring (bicyclic) bond motifs is 1. The second-order valence-corrected chi connectivity index (χ2v) is 7.02. The van der Waals surface area contributed by atoms with E-state index >= 15 is 0 Å². The van der Waals surface area contributed by atoms with E-state index in [9.17, 15) is 0 Å². The smallest absolute Gasteiger partial charge is 0.0442 e. The first-order valence-electron chi connectivity index (χ1n) is 9.53. The zero-order chi connectivity index (χ0) is 17.1. The van der Waals surface area contributed by atoms with Gasteiger partial charge >= 0.3 is 0 Å². The number of benzene rings is 1. The van der Waals surface area contributed by atoms with Crippen LogP contribution in [-0.2, 0) is 0 Å². The molecule has 0 aromatic heterocycles. The zero-order valence-corrected chi connectivity index (χ0v) is 15.0. The van der Waals surface area contributed by atoms with Gasteiger partial charge in [0.1, 0.15) is 0 Å². The molecule has 4 heteroatoms. The van der Waals surface area contributed by atoms with Crippen LogP contribution < -0.4 is 31.7 Å². The van der Waals surface area contributed by atoms with Crippen LogP contribution in [0.4, 0.5) is 5.69 Å². The summed E-state index contributed by atoms with van der Waals surface area (Å²) in [6.07, 6.45) is 12.5. The molecule has 3 aliphatic rings. The zero-order valence-electron chi connectivity index (χ0n) is 15.0. The van der Waals surface area contributed by atoms with Gasteiger partial charge in [-0.3, -0.25) is 0 Å². The average Bonchev–Trinajstić information content (AvgIpc) is 2.69. The van der Waals surface area contributed by atoms with Gasteiger partial charge in [-0.25, -0.2) is 0 Å². The summed E-state index contributed by atoms with van der Waals surface area (Å²) in [6, 6.07) is 5.22. The number of dihydropyridines is 1. The third-order valence-electron chi connectivity index (χ3n) is 5.29. The second kappa shape index (κ2) is 7.36. The molecule has 3 heterocycles. The van der Waals surface area contributed by atoms with Crippen LogP contribution in [0.1, 0.15) is 31.7 Å². The van der Waals surface area contributed by atoms with Crippen molar-refractivity contribution in [1.82, 2.24) is 16.0 Å². The van der Waals surface area contributed by atoms with E-state index in [2.05, 4.69) is 64.8 Å². The van der Waals surface area contributed by atoms with E-state index in [0.29, 0.717) is 6.04 Å². The van der Waals surface area contributed by atoms with Gasteiger partial charge in [-0.15, -0.1) is 0 Å². The van der Waals surface area contributed by atoms with Gasteiger partial charge in [0.15, 0.2) is 0 Å². The van der Waals surface area contributed by atoms with Crippen LogP contribution in [0.2, 0.25) is 0 Å². The summed E-state index contributed by atoms with van der Waals surface area (Å²) in [4.78, 5) is 0. The average molecular weight is 336 g/mol. The first kappa shape index (κ1) is 16.3. The molecule has 0 unspecified atom stereocenters. The molecule has 1 saturated heterocycles. The molecule has 25 heavy (non-hydrogen) atoms. The Balaban J connectivity index is 1.73. The third kappa shape index (κ3) is 3.59. The lowest BCUT2D eigenvalue weighted by Gasteiger charge is -2.26. The lowest BCUT2D eigenvalue weighted by atomic mass is 9.97. The Morgan fingerprint density at radius 2 is 2.00 bits per heavy atom. The van der Waals surface area contributed by atoms with E-state index < -0.39 is 0 Å². The molecule has 132 valence electrons. The van der Waals surface area contributed by atoms with Crippen molar-refractivity contribution in [2.75, 3.05) is 31.5 Å². The van der Waals surface area contributed by atoms with Crippen LogP contribution in [0.25, 0.3) is 17.8 Å². The Morgan fingerprint density at radius 1 is 1.12 bits per heavy atom. The van der Waals surface area contributed by atoms with Gasteiger partial charge in [0.25, 0.3) is 0 Å². The minimum Gasteiger partial charge on any atom is -0.387 e. The largest absolute Gasteiger partial charge is 0.387 e. The lowest BCUT2D eigenvalue weighted by molar-refractivity contribution is 0.479. The fourth-order valence-electron chi connectivity index (χ4n) is 3.83. The molecule has 3 aliphatic heterocycles. The van der Waals surface area contributed by atoms with Gasteiger partial charge in [-0.05, 0) is 66.9 Å². The van der Waals surface area contributed by atoms with Crippen LogP contribution in [0.5, 0.6) is 0 Å². The van der Waals surface area contributed by atoms with Gasteiger partial charge in [-0.1, -0.05) is 19.1 Å². The van der Waals surface area contributed by atoms with Crippen molar-refractivity contribution in [3.8, 4) is 0 Å². The molecular weight excluding hydrogens is 308 g/mol. The van der Waals surface area contributed by atoms with Gasteiger partial charge < -0.3 is 21.3 Å². The van der Waals surface area contributed by atoms with Crippen molar-refractivity contribution in [2.45, 2.75) is 32.2 Å². The maximum atomic E-state index is 3.82. The Labute approximate surface area is 149 Å². The van der Waals surface area contributed by atoms with E-state index in [-0.39, 0.29) is 0 Å². The van der Waals surface area contributed by atoms with E-state index in [4.69, 9.17) is 0 Å². The number of rotatable bonds is 4. The second-order valence-electron chi connectivity index (χ2n) is 7.02. The molecule has 0 saturated carbocycles. The first-order valence-corrected chi connectivity index (χ1v) is 9.53. The Morgan fingerprint density at radius 3 is 2.84 bits per heavy atom. The predicted octanol–water partition coefficient (Wildman–Crippen LogP) is 1.25. The minimum atomic E-state index is 0.555. The van der Waals surface area contributed by atoms with Crippen LogP contribution in [0, 0.1) is 0 Å². The van der Waals surface area contributed by atoms with Gasteiger partial charge in [0.2, 0.25) is 0 Å². The molecule has 1 aromatic carbocycles. The molecule has 0 amide bonds. The van der Waals surface area contributed by atoms with Crippen molar-refractivity contribution in [2.24, 2.45) is 0 Å². The Kier molecular flexibility index (Phi) is 4.79. The highest BCUT2D eigenvalue weighted by Gasteiger charge is 2.15. The number of piperidine rings is 1. The molecule has 0 bridgehead atoms. The highest BCUT2D eigenvalue weighted by molar-refractivity contribution is 5.78. The minimum absolute atomic E-state index is 0.555. The van der Waals surface area contributed by atoms with Gasteiger partial charge in [0.05, 0.1) is 0 Å². The molecule has 0 aliphatic carbocycles. The third-order valence-corrected chi connectivity index (χ3v) is 5.29. The van der Waals surface area contributed by atoms with Crippen LogP contribution in [0.15, 0.2) is 30.0 Å². The standard InChI is InChI=1S/C21H28N4/c1-2-18-12-15(4-10-24-18)17-11-16-3-7-23-14-20(16)21(13-17)25-19-5-8-22-9-6-19/h3-4,11-14,19,22-25H,2,5-10H2,1H3. The molecule has 4 nitrogen and oxygen atoms in total. The van der Waals surface area contributed by atoms with Crippen molar-refractivity contribution >= 4 is 23.5 Å². The molecule has 0 radical (unpaired) electrons. The molecule has 1 fully saturated rings. The maximum Gasteiger partial charge on any atom is 0.0442 e. The fourth-order valence-corrected chi connectivity index (χ4v) is 3.83. The first-order chi connectivity index (χ1) is 12.3. The molecule has 4 N–H and O–H groups in total. The van der Waals surface area contributed by atoms with Crippen LogP contribution in [-0.4, -0.2) is 32.2 Å². The topological polar surface area (TPSA) is 48.1 Å². The SMILES string of the molecule is CCC1=CC(c2cc(NC3CCNCC3)c3c(c2)=CCNC=3)=CCN1. The van der Waals surface area contributed by atoms with Gasteiger partial charge in [-0.2, -0.15) is 0 Å². The fraction of sp³-hybridized carbons (Fsp3) is 0.429. The normalized spacial score (nSPS) is 20.0. The summed E-state index contributed by atoms with van der Waals surface area (Å²) < 4.78 is 0. The molecule has 0 spiro atoms. The van der Waals surface area contributed by atoms with E-state index in [1.54, 1.807) is 0 Å². The van der Waals surface area contributed by atoms with Gasteiger partial charge in [0, 0.05) is 41.9 Å². The predicted molar refractivity (Wildman–Crippen MR) is 106 cm³/mol. The highest BCUT2D eigenvalue weighted by Crippen LogP contribution is 2.21. The molecule has 0 atom stereocenters. The van der Waals surface area contributed by atoms with E-state index in [1.807, 2.05) is 0 Å². The van der Waals surface area contributed by atoms with Crippen LogP contribution in [0.3, 0.4) is 0 Å². The Bertz CT molecular complexity index is 813. The summed E-state index contributed by atoms with van der Waals surface area (Å²) in [7, 11) is 0. The maximum absolute atomic E-state index is 3.82. The van der Waals surface area contributed by atoms with Crippen molar-refractivity contribution in [3.05, 3.63) is 46.0 Å². The van der Waals surface area contributed by atoms with Crippen LogP contribution >= 0.6 is 0 Å². The van der Waals surface area contributed by atoms with Crippen molar-refractivity contribution < 1.29 is 0 Å². The molecule has 1 aromatic rings. The summed E-state index contributed by atoms with van der Waals surface area (Å²) in [5, 5.41) is 16.7. The van der Waals surface area contributed by atoms with Crippen molar-refractivity contribution in [1.29, 1.82) is 0 Å². The summed E-state index contributed by atoms with van der Waals surface area (Å²) in [5.74, 6) is 0. The summed E-state index contributed by atoms with van der Waals surface area (Å²) >= 11 is 0. The monoisotopic (exact) mass is 336 g/mol. The van der Waals surface area contributed by atoms with E-state index in [0.717, 1.165) is 32.6 Å². The van der Waals surface area contributed by atoms with Crippen molar-refractivity contribution in [3.63, 3.8) is 0 Å².